The van der Waals surface area contributed by atoms with Crippen LogP contribution < -0.4 is 10.6 Å². The zero-order valence-electron chi connectivity index (χ0n) is 15.6. The topological polar surface area (TPSA) is 62.5 Å². The summed E-state index contributed by atoms with van der Waals surface area (Å²) in [4.78, 5) is 11.9. The van der Waals surface area contributed by atoms with E-state index in [0.29, 0.717) is 0 Å². The second kappa shape index (κ2) is 10.9. The van der Waals surface area contributed by atoms with Crippen LogP contribution >= 0.6 is 22.7 Å². The standard InChI is InChI=1S/C20H26N4OS2/c1-2-17-15-24-19(27-17)9-12-23-20(21-10-7-16-5-3-13-25-16)22-11-8-18-6-4-14-26-18/h3-6,13-15H,2,7-12H2,1H3,(H2,21,22,23). The van der Waals surface area contributed by atoms with Gasteiger partial charge in [-0.2, -0.15) is 0 Å². The van der Waals surface area contributed by atoms with Gasteiger partial charge >= 0.3 is 0 Å². The molecule has 7 heteroatoms. The van der Waals surface area contributed by atoms with Crippen molar-refractivity contribution >= 4 is 28.6 Å². The molecule has 0 aliphatic carbocycles. The largest absolute Gasteiger partial charge is 0.469 e. The van der Waals surface area contributed by atoms with Crippen molar-refractivity contribution in [1.29, 1.82) is 0 Å². The van der Waals surface area contributed by atoms with Gasteiger partial charge in [0, 0.05) is 48.4 Å². The second-order valence-electron chi connectivity index (χ2n) is 6.07. The van der Waals surface area contributed by atoms with Gasteiger partial charge in [-0.15, -0.1) is 22.7 Å². The molecule has 0 atom stereocenters. The fraction of sp³-hybridized carbons (Fsp3) is 0.400. The molecule has 0 aliphatic heterocycles. The minimum Gasteiger partial charge on any atom is -0.469 e. The number of guanidine groups is 1. The van der Waals surface area contributed by atoms with Crippen molar-refractivity contribution in [2.45, 2.75) is 32.6 Å². The van der Waals surface area contributed by atoms with Crippen LogP contribution in [0.5, 0.6) is 0 Å². The molecule has 0 amide bonds. The van der Waals surface area contributed by atoms with E-state index in [1.807, 2.05) is 18.3 Å². The van der Waals surface area contributed by atoms with Gasteiger partial charge in [-0.05, 0) is 36.4 Å². The fourth-order valence-electron chi connectivity index (χ4n) is 2.58. The van der Waals surface area contributed by atoms with Gasteiger partial charge in [-0.1, -0.05) is 13.0 Å². The highest BCUT2D eigenvalue weighted by atomic mass is 32.1. The smallest absolute Gasteiger partial charge is 0.191 e. The van der Waals surface area contributed by atoms with Gasteiger partial charge in [0.25, 0.3) is 0 Å². The van der Waals surface area contributed by atoms with Crippen molar-refractivity contribution in [3.63, 3.8) is 0 Å². The van der Waals surface area contributed by atoms with E-state index in [0.717, 1.165) is 62.0 Å². The summed E-state index contributed by atoms with van der Waals surface area (Å²) in [6.45, 7) is 4.54. The third-order valence-electron chi connectivity index (χ3n) is 4.03. The number of aryl methyl sites for hydroxylation is 1. The molecular weight excluding hydrogens is 376 g/mol. The number of nitrogens with zero attached hydrogens (tertiary/aromatic N) is 2. The van der Waals surface area contributed by atoms with Crippen LogP contribution in [0.25, 0.3) is 0 Å². The number of aromatic nitrogens is 1. The Balaban J connectivity index is 1.48. The van der Waals surface area contributed by atoms with Crippen molar-refractivity contribution in [3.05, 3.63) is 62.6 Å². The first-order valence-corrected chi connectivity index (χ1v) is 11.0. The molecule has 144 valence electrons. The van der Waals surface area contributed by atoms with Crippen LogP contribution in [0.3, 0.4) is 0 Å². The van der Waals surface area contributed by atoms with Crippen molar-refractivity contribution < 1.29 is 4.42 Å². The molecule has 0 bridgehead atoms. The van der Waals surface area contributed by atoms with E-state index in [1.54, 1.807) is 28.9 Å². The highest BCUT2D eigenvalue weighted by molar-refractivity contribution is 7.11. The molecule has 3 aromatic rings. The van der Waals surface area contributed by atoms with Crippen molar-refractivity contribution in [3.8, 4) is 0 Å². The minimum atomic E-state index is 0.728. The van der Waals surface area contributed by atoms with Crippen LogP contribution in [0.4, 0.5) is 0 Å². The summed E-state index contributed by atoms with van der Waals surface area (Å²) in [6.07, 6.45) is 7.45. The highest BCUT2D eigenvalue weighted by Crippen LogP contribution is 2.13. The van der Waals surface area contributed by atoms with Gasteiger partial charge in [0.15, 0.2) is 5.96 Å². The molecule has 0 aromatic carbocycles. The molecule has 0 saturated carbocycles. The Bertz CT molecular complexity index is 752. The Labute approximate surface area is 168 Å². The third kappa shape index (κ3) is 6.84. The van der Waals surface area contributed by atoms with E-state index in [4.69, 9.17) is 9.41 Å². The molecule has 0 unspecified atom stereocenters. The lowest BCUT2D eigenvalue weighted by atomic mass is 10.3. The molecular formula is C20H26N4OS2. The van der Waals surface area contributed by atoms with Crippen LogP contribution in [0.15, 0.2) is 51.5 Å². The van der Waals surface area contributed by atoms with Gasteiger partial charge in [-0.3, -0.25) is 4.99 Å². The summed E-state index contributed by atoms with van der Waals surface area (Å²) in [5.74, 6) is 1.83. The van der Waals surface area contributed by atoms with E-state index < -0.39 is 0 Å². The number of furan rings is 1. The van der Waals surface area contributed by atoms with E-state index in [1.165, 1.54) is 9.75 Å². The average molecular weight is 403 g/mol. The lowest BCUT2D eigenvalue weighted by Gasteiger charge is -2.12. The summed E-state index contributed by atoms with van der Waals surface area (Å²) in [7, 11) is 0. The summed E-state index contributed by atoms with van der Waals surface area (Å²) >= 11 is 3.58. The normalized spacial score (nSPS) is 11.7. The maximum Gasteiger partial charge on any atom is 0.191 e. The number of hydrogen-bond donors (Lipinski definition) is 2. The molecule has 0 spiro atoms. The lowest BCUT2D eigenvalue weighted by molar-refractivity contribution is 0.506. The van der Waals surface area contributed by atoms with E-state index >= 15 is 0 Å². The molecule has 0 saturated heterocycles. The van der Waals surface area contributed by atoms with E-state index in [2.05, 4.69) is 40.1 Å². The summed E-state index contributed by atoms with van der Waals surface area (Å²) in [6, 6.07) is 8.18. The maximum atomic E-state index is 5.39. The number of aliphatic imine (C=N–C) groups is 1. The summed E-state index contributed by atoms with van der Waals surface area (Å²) in [5, 5.41) is 10.1. The Hall–Kier alpha value is -2.12. The second-order valence-corrected chi connectivity index (χ2v) is 8.30. The quantitative estimate of drug-likeness (QED) is 0.398. The highest BCUT2D eigenvalue weighted by Gasteiger charge is 2.03. The number of hydrogen-bond acceptors (Lipinski definition) is 5. The molecule has 27 heavy (non-hydrogen) atoms. The SMILES string of the molecule is CCc1cnc(CCN=C(NCCc2ccco2)NCCc2cccs2)s1. The molecule has 3 aromatic heterocycles. The Morgan fingerprint density at radius 2 is 2.00 bits per heavy atom. The monoisotopic (exact) mass is 402 g/mol. The number of rotatable bonds is 10. The number of thiophene rings is 1. The lowest BCUT2D eigenvalue weighted by Crippen LogP contribution is -2.39. The Kier molecular flexibility index (Phi) is 7.92. The molecule has 0 fully saturated rings. The molecule has 0 radical (unpaired) electrons. The van der Waals surface area contributed by atoms with Crippen LogP contribution in [-0.4, -0.2) is 30.6 Å². The van der Waals surface area contributed by atoms with Gasteiger partial charge in [0.05, 0.1) is 11.3 Å². The molecule has 0 aliphatic rings. The van der Waals surface area contributed by atoms with Crippen LogP contribution in [0, 0.1) is 0 Å². The van der Waals surface area contributed by atoms with E-state index in [-0.39, 0.29) is 0 Å². The predicted octanol–water partition coefficient (Wildman–Crippen LogP) is 3.92. The number of nitrogens with one attached hydrogen (secondary N) is 2. The van der Waals surface area contributed by atoms with Crippen molar-refractivity contribution in [1.82, 2.24) is 15.6 Å². The summed E-state index contributed by atoms with van der Waals surface area (Å²) < 4.78 is 5.39. The molecule has 2 N–H and O–H groups in total. The fourth-order valence-corrected chi connectivity index (χ4v) is 4.14. The van der Waals surface area contributed by atoms with Gasteiger partial charge in [0.2, 0.25) is 0 Å². The van der Waals surface area contributed by atoms with Gasteiger partial charge in [-0.25, -0.2) is 4.98 Å². The third-order valence-corrected chi connectivity index (χ3v) is 6.17. The van der Waals surface area contributed by atoms with Gasteiger partial charge in [0.1, 0.15) is 5.76 Å². The molecule has 3 rings (SSSR count). The summed E-state index contributed by atoms with van der Waals surface area (Å²) in [5.41, 5.74) is 0. The Morgan fingerprint density at radius 3 is 2.70 bits per heavy atom. The van der Waals surface area contributed by atoms with Crippen LogP contribution in [0.1, 0.15) is 27.4 Å². The molecule has 3 heterocycles. The Morgan fingerprint density at radius 1 is 1.11 bits per heavy atom. The van der Waals surface area contributed by atoms with Gasteiger partial charge < -0.3 is 15.1 Å². The zero-order chi connectivity index (χ0) is 18.7. The van der Waals surface area contributed by atoms with Crippen molar-refractivity contribution in [2.24, 2.45) is 4.99 Å². The zero-order valence-corrected chi connectivity index (χ0v) is 17.2. The number of thiazole rings is 1. The van der Waals surface area contributed by atoms with Crippen molar-refractivity contribution in [2.75, 3.05) is 19.6 Å². The molecule has 5 nitrogen and oxygen atoms in total. The van der Waals surface area contributed by atoms with Crippen LogP contribution in [-0.2, 0) is 25.7 Å². The average Bonchev–Trinajstić information content (AvgIpc) is 3.44. The first kappa shape index (κ1) is 19.6. The van der Waals surface area contributed by atoms with Crippen LogP contribution in [0.2, 0.25) is 0 Å². The predicted molar refractivity (Wildman–Crippen MR) is 114 cm³/mol. The first-order chi connectivity index (χ1) is 13.3. The minimum absolute atomic E-state index is 0.728. The van der Waals surface area contributed by atoms with E-state index in [9.17, 15) is 0 Å². The maximum absolute atomic E-state index is 5.39. The first-order valence-electron chi connectivity index (χ1n) is 9.34.